The summed E-state index contributed by atoms with van der Waals surface area (Å²) in [6.07, 6.45) is 3.29. The van der Waals surface area contributed by atoms with E-state index < -0.39 is 0 Å². The third kappa shape index (κ3) is 1.68. The van der Waals surface area contributed by atoms with Crippen molar-refractivity contribution in [1.82, 2.24) is 4.90 Å². The second-order valence-corrected chi connectivity index (χ2v) is 9.21. The van der Waals surface area contributed by atoms with Crippen LogP contribution in [-0.4, -0.2) is 56.1 Å². The first kappa shape index (κ1) is 15.9. The van der Waals surface area contributed by atoms with Crippen LogP contribution in [0.1, 0.15) is 32.3 Å². The summed E-state index contributed by atoms with van der Waals surface area (Å²) in [4.78, 5) is 5.19. The van der Waals surface area contributed by atoms with Gasteiger partial charge in [-0.3, -0.25) is 4.90 Å². The molecule has 1 saturated carbocycles. The highest BCUT2D eigenvalue weighted by molar-refractivity contribution is 5.66. The fourth-order valence-electron chi connectivity index (χ4n) is 7.50. The van der Waals surface area contributed by atoms with Gasteiger partial charge in [-0.15, -0.1) is 0 Å². The molecule has 1 spiro atoms. The van der Waals surface area contributed by atoms with Crippen LogP contribution in [0, 0.1) is 17.8 Å². The van der Waals surface area contributed by atoms with Crippen molar-refractivity contribution >= 4 is 5.69 Å². The van der Waals surface area contributed by atoms with Crippen molar-refractivity contribution in [2.24, 2.45) is 17.8 Å². The topological polar surface area (TPSA) is 24.9 Å². The molecular formula is C22H30N2O2. The minimum atomic E-state index is 0.131. The van der Waals surface area contributed by atoms with Crippen LogP contribution in [0.5, 0.6) is 0 Å². The highest BCUT2D eigenvalue weighted by atomic mass is 16.5. The van der Waals surface area contributed by atoms with Crippen molar-refractivity contribution < 1.29 is 9.47 Å². The van der Waals surface area contributed by atoms with Crippen LogP contribution in [0.15, 0.2) is 24.3 Å². The molecule has 0 amide bonds. The predicted molar refractivity (Wildman–Crippen MR) is 101 cm³/mol. The number of rotatable bonds is 1. The first-order valence-corrected chi connectivity index (χ1v) is 10.5. The molecule has 6 rings (SSSR count). The highest BCUT2D eigenvalue weighted by Gasteiger charge is 2.68. The van der Waals surface area contributed by atoms with Gasteiger partial charge in [-0.05, 0) is 51.3 Å². The molecule has 4 heterocycles. The lowest BCUT2D eigenvalue weighted by Gasteiger charge is -2.61. The lowest BCUT2D eigenvalue weighted by Crippen LogP contribution is -2.69. The maximum atomic E-state index is 6.92. The number of nitrogens with zero attached hydrogens (tertiary/aromatic N) is 2. The van der Waals surface area contributed by atoms with E-state index in [0.29, 0.717) is 30.1 Å². The molecule has 4 aliphatic heterocycles. The average Bonchev–Trinajstić information content (AvgIpc) is 2.91. The van der Waals surface area contributed by atoms with Crippen LogP contribution in [-0.2, 0) is 14.9 Å². The van der Waals surface area contributed by atoms with Crippen LogP contribution >= 0.6 is 0 Å². The van der Waals surface area contributed by atoms with E-state index in [4.69, 9.17) is 9.47 Å². The average molecular weight is 354 g/mol. The molecule has 26 heavy (non-hydrogen) atoms. The molecule has 0 N–H and O–H groups in total. The Morgan fingerprint density at radius 3 is 2.92 bits per heavy atom. The number of likely N-dealkylation sites (N-methyl/N-ethyl adjacent to an activating group) is 1. The molecule has 140 valence electrons. The Morgan fingerprint density at radius 1 is 1.23 bits per heavy atom. The summed E-state index contributed by atoms with van der Waals surface area (Å²) in [7, 11) is 2.26. The van der Waals surface area contributed by atoms with Crippen molar-refractivity contribution in [3.63, 3.8) is 0 Å². The Labute approximate surface area is 156 Å². The third-order valence-corrected chi connectivity index (χ3v) is 8.47. The van der Waals surface area contributed by atoms with Gasteiger partial charge < -0.3 is 14.4 Å². The number of benzene rings is 1. The predicted octanol–water partition coefficient (Wildman–Crippen LogP) is 2.86. The number of para-hydroxylation sites is 1. The first-order valence-electron chi connectivity index (χ1n) is 10.5. The number of ether oxygens (including phenoxy) is 2. The van der Waals surface area contributed by atoms with Crippen LogP contribution in [0.2, 0.25) is 0 Å². The van der Waals surface area contributed by atoms with Crippen LogP contribution in [0.3, 0.4) is 0 Å². The summed E-state index contributed by atoms with van der Waals surface area (Å²) >= 11 is 0. The van der Waals surface area contributed by atoms with Crippen molar-refractivity contribution in [2.45, 2.75) is 56.6 Å². The van der Waals surface area contributed by atoms with E-state index in [9.17, 15) is 0 Å². The Kier molecular flexibility index (Phi) is 3.21. The smallest absolute Gasteiger partial charge is 0.116 e. The second kappa shape index (κ2) is 5.24. The monoisotopic (exact) mass is 354 g/mol. The number of hydrogen-bond donors (Lipinski definition) is 0. The highest BCUT2D eigenvalue weighted by Crippen LogP contribution is 2.63. The summed E-state index contributed by atoms with van der Waals surface area (Å²) in [5.74, 6) is 1.86. The van der Waals surface area contributed by atoms with Gasteiger partial charge in [0, 0.05) is 42.1 Å². The minimum Gasteiger partial charge on any atom is -0.378 e. The third-order valence-electron chi connectivity index (χ3n) is 8.47. The van der Waals surface area contributed by atoms with E-state index >= 15 is 0 Å². The molecule has 4 nitrogen and oxygen atoms in total. The molecule has 1 aromatic carbocycles. The van der Waals surface area contributed by atoms with E-state index in [2.05, 4.69) is 55.0 Å². The van der Waals surface area contributed by atoms with Gasteiger partial charge in [-0.25, -0.2) is 0 Å². The van der Waals surface area contributed by atoms with Gasteiger partial charge in [-0.1, -0.05) is 18.2 Å². The Balaban J connectivity index is 1.60. The molecule has 3 saturated heterocycles. The standard InChI is InChI=1S/C22H30N2O2/c1-4-24-17-8-6-5-7-16(17)22-9-10-23(3)21-19-13(2)25-12-15(20(22)24)14(19)11-18(22)26-21/h5-8,13-15,18-21H,4,9-12H2,1-3H3/t13-,14-,15-,18+,19+,20+,21+,22-/m1/s1. The minimum absolute atomic E-state index is 0.131. The summed E-state index contributed by atoms with van der Waals surface area (Å²) in [6, 6.07) is 9.69. The molecule has 8 atom stereocenters. The van der Waals surface area contributed by atoms with Gasteiger partial charge in [-0.2, -0.15) is 0 Å². The summed E-state index contributed by atoms with van der Waals surface area (Å²) < 4.78 is 13.3. The Hall–Kier alpha value is -1.10. The largest absolute Gasteiger partial charge is 0.378 e. The molecule has 3 bridgehead atoms. The molecule has 1 aromatic rings. The normalized spacial score (nSPS) is 48.9. The fourth-order valence-corrected chi connectivity index (χ4v) is 7.50. The van der Waals surface area contributed by atoms with Crippen molar-refractivity contribution in [1.29, 1.82) is 0 Å². The zero-order valence-electron chi connectivity index (χ0n) is 16.1. The van der Waals surface area contributed by atoms with Crippen molar-refractivity contribution in [3.05, 3.63) is 29.8 Å². The SMILES string of the molecule is CCN1c2ccccc2[C@]23CCN(C)[C@H]4O[C@H]2C[C@@H]2[C@@H](CO[C@H](C)[C@@H]24)[C@H]13. The lowest BCUT2D eigenvalue weighted by molar-refractivity contribution is -0.260. The summed E-state index contributed by atoms with van der Waals surface area (Å²) in [5.41, 5.74) is 3.12. The van der Waals surface area contributed by atoms with Crippen LogP contribution in [0.4, 0.5) is 5.69 Å². The zero-order chi connectivity index (χ0) is 17.6. The van der Waals surface area contributed by atoms with Gasteiger partial charge in [0.05, 0.1) is 18.8 Å². The van der Waals surface area contributed by atoms with Gasteiger partial charge in [0.15, 0.2) is 0 Å². The van der Waals surface area contributed by atoms with Crippen LogP contribution < -0.4 is 4.90 Å². The summed E-state index contributed by atoms with van der Waals surface area (Å²) in [5, 5.41) is 0. The molecule has 4 fully saturated rings. The van der Waals surface area contributed by atoms with Crippen molar-refractivity contribution in [3.8, 4) is 0 Å². The van der Waals surface area contributed by atoms with Crippen molar-refractivity contribution in [2.75, 3.05) is 31.6 Å². The molecule has 5 aliphatic rings. The number of fused-ring (bicyclic) bond motifs is 4. The maximum Gasteiger partial charge on any atom is 0.116 e. The Bertz CT molecular complexity index is 739. The van der Waals surface area contributed by atoms with Gasteiger partial charge in [0.1, 0.15) is 6.23 Å². The molecule has 1 aliphatic carbocycles. The van der Waals surface area contributed by atoms with E-state index in [-0.39, 0.29) is 11.6 Å². The van der Waals surface area contributed by atoms with Crippen LogP contribution in [0.25, 0.3) is 0 Å². The maximum absolute atomic E-state index is 6.92. The molecule has 4 heteroatoms. The zero-order valence-corrected chi connectivity index (χ0v) is 16.1. The molecule has 0 radical (unpaired) electrons. The fraction of sp³-hybridized carbons (Fsp3) is 0.727. The van der Waals surface area contributed by atoms with E-state index in [0.717, 1.165) is 25.6 Å². The first-order chi connectivity index (χ1) is 12.7. The number of anilines is 1. The second-order valence-electron chi connectivity index (χ2n) is 9.21. The van der Waals surface area contributed by atoms with Gasteiger partial charge >= 0.3 is 0 Å². The molecule has 0 aromatic heterocycles. The van der Waals surface area contributed by atoms with E-state index in [1.54, 1.807) is 5.56 Å². The molecule has 0 unspecified atom stereocenters. The molecular weight excluding hydrogens is 324 g/mol. The quantitative estimate of drug-likeness (QED) is 0.774. The number of hydrogen-bond acceptors (Lipinski definition) is 4. The Morgan fingerprint density at radius 2 is 2.08 bits per heavy atom. The van der Waals surface area contributed by atoms with E-state index in [1.165, 1.54) is 18.5 Å². The van der Waals surface area contributed by atoms with Gasteiger partial charge in [0.25, 0.3) is 0 Å². The summed E-state index contributed by atoms with van der Waals surface area (Å²) in [6.45, 7) is 7.69. The van der Waals surface area contributed by atoms with E-state index in [1.807, 2.05) is 0 Å². The van der Waals surface area contributed by atoms with Gasteiger partial charge in [0.2, 0.25) is 0 Å². The lowest BCUT2D eigenvalue weighted by atomic mass is 9.53.